The van der Waals surface area contributed by atoms with E-state index in [4.69, 9.17) is 22.4 Å². The van der Waals surface area contributed by atoms with Gasteiger partial charge in [-0.15, -0.1) is 0 Å². The van der Waals surface area contributed by atoms with Crippen LogP contribution in [-0.2, 0) is 4.79 Å². The molecule has 1 aliphatic rings. The van der Waals surface area contributed by atoms with Crippen LogP contribution in [-0.4, -0.2) is 11.1 Å². The number of carboxylic acid groups (broad SMARTS) is 1. The maximum atomic E-state index is 10.7. The summed E-state index contributed by atoms with van der Waals surface area (Å²) in [7, 11) is 0. The largest absolute Gasteiger partial charge is 0.481 e. The van der Waals surface area contributed by atoms with Gasteiger partial charge in [0.05, 0.1) is 5.92 Å². The van der Waals surface area contributed by atoms with E-state index in [0.29, 0.717) is 11.4 Å². The molecule has 1 aromatic rings. The Kier molecular flexibility index (Phi) is 2.67. The topological polar surface area (TPSA) is 63.3 Å². The SMILES string of the molecule is NC(c1ccc(Cl)cc1)C1CC1C(=O)O. The normalized spacial score (nSPS) is 26.0. The summed E-state index contributed by atoms with van der Waals surface area (Å²) in [5.41, 5.74) is 6.92. The van der Waals surface area contributed by atoms with Gasteiger partial charge in [-0.1, -0.05) is 23.7 Å². The van der Waals surface area contributed by atoms with Crippen LogP contribution in [0.25, 0.3) is 0 Å². The van der Waals surface area contributed by atoms with Gasteiger partial charge in [-0.25, -0.2) is 0 Å². The first-order valence-corrected chi connectivity index (χ1v) is 5.21. The van der Waals surface area contributed by atoms with Gasteiger partial charge in [-0.2, -0.15) is 0 Å². The average molecular weight is 226 g/mol. The molecule has 0 spiro atoms. The fourth-order valence-electron chi connectivity index (χ4n) is 1.83. The van der Waals surface area contributed by atoms with Crippen LogP contribution in [0.5, 0.6) is 0 Å². The number of hydrogen-bond acceptors (Lipinski definition) is 2. The number of carbonyl (C=O) groups is 1. The lowest BCUT2D eigenvalue weighted by atomic mass is 10.0. The number of halogens is 1. The fourth-order valence-corrected chi connectivity index (χ4v) is 1.95. The molecule has 3 unspecified atom stereocenters. The minimum absolute atomic E-state index is 0.0728. The Morgan fingerprint density at radius 1 is 1.47 bits per heavy atom. The first-order valence-electron chi connectivity index (χ1n) is 4.83. The zero-order valence-corrected chi connectivity index (χ0v) is 8.82. The number of benzene rings is 1. The van der Waals surface area contributed by atoms with E-state index < -0.39 is 5.97 Å². The maximum absolute atomic E-state index is 10.7. The van der Waals surface area contributed by atoms with Crippen molar-refractivity contribution in [3.63, 3.8) is 0 Å². The number of rotatable bonds is 3. The quantitative estimate of drug-likeness (QED) is 0.828. The smallest absolute Gasteiger partial charge is 0.306 e. The Morgan fingerprint density at radius 2 is 2.07 bits per heavy atom. The Morgan fingerprint density at radius 3 is 2.53 bits per heavy atom. The zero-order chi connectivity index (χ0) is 11.0. The molecule has 15 heavy (non-hydrogen) atoms. The molecule has 3 nitrogen and oxygen atoms in total. The van der Waals surface area contributed by atoms with Crippen LogP contribution in [0.2, 0.25) is 5.02 Å². The van der Waals surface area contributed by atoms with Crippen molar-refractivity contribution >= 4 is 17.6 Å². The van der Waals surface area contributed by atoms with Crippen LogP contribution in [0.15, 0.2) is 24.3 Å². The Balaban J connectivity index is 2.06. The van der Waals surface area contributed by atoms with E-state index in [1.807, 2.05) is 12.1 Å². The van der Waals surface area contributed by atoms with Crippen LogP contribution >= 0.6 is 11.6 Å². The van der Waals surface area contributed by atoms with Crippen molar-refractivity contribution in [3.05, 3.63) is 34.9 Å². The molecule has 2 rings (SSSR count). The minimum atomic E-state index is -0.746. The monoisotopic (exact) mass is 225 g/mol. The third-order valence-electron chi connectivity index (χ3n) is 2.87. The fraction of sp³-hybridized carbons (Fsp3) is 0.364. The Labute approximate surface area is 92.8 Å². The summed E-state index contributed by atoms with van der Waals surface area (Å²) in [4.78, 5) is 10.7. The van der Waals surface area contributed by atoms with Crippen molar-refractivity contribution in [1.82, 2.24) is 0 Å². The van der Waals surface area contributed by atoms with Gasteiger partial charge >= 0.3 is 5.97 Å². The molecule has 0 heterocycles. The highest BCUT2D eigenvalue weighted by atomic mass is 35.5. The third kappa shape index (κ3) is 2.13. The second-order valence-electron chi connectivity index (χ2n) is 3.92. The van der Waals surface area contributed by atoms with E-state index >= 15 is 0 Å². The molecule has 0 aliphatic heterocycles. The lowest BCUT2D eigenvalue weighted by Gasteiger charge is -2.10. The summed E-state index contributed by atoms with van der Waals surface area (Å²) >= 11 is 5.76. The highest BCUT2D eigenvalue weighted by Gasteiger charge is 2.47. The zero-order valence-electron chi connectivity index (χ0n) is 8.06. The molecule has 1 aliphatic carbocycles. The summed E-state index contributed by atoms with van der Waals surface area (Å²) in [6.45, 7) is 0. The molecule has 3 atom stereocenters. The lowest BCUT2D eigenvalue weighted by molar-refractivity contribution is -0.138. The number of aliphatic carboxylic acids is 1. The van der Waals surface area contributed by atoms with Crippen LogP contribution < -0.4 is 5.73 Å². The number of hydrogen-bond donors (Lipinski definition) is 2. The van der Waals surface area contributed by atoms with Crippen molar-refractivity contribution in [2.45, 2.75) is 12.5 Å². The first kappa shape index (κ1) is 10.5. The van der Waals surface area contributed by atoms with E-state index in [0.717, 1.165) is 5.56 Å². The molecule has 1 aromatic carbocycles. The minimum Gasteiger partial charge on any atom is -0.481 e. The van der Waals surface area contributed by atoms with Gasteiger partial charge in [0.2, 0.25) is 0 Å². The lowest BCUT2D eigenvalue weighted by Crippen LogP contribution is -2.15. The summed E-state index contributed by atoms with van der Waals surface area (Å²) in [5, 5.41) is 9.45. The average Bonchev–Trinajstić information content (AvgIpc) is 2.97. The van der Waals surface area contributed by atoms with Gasteiger partial charge < -0.3 is 10.8 Å². The van der Waals surface area contributed by atoms with E-state index in [9.17, 15) is 4.79 Å². The van der Waals surface area contributed by atoms with Crippen molar-refractivity contribution in [2.24, 2.45) is 17.6 Å². The van der Waals surface area contributed by atoms with Gasteiger partial charge in [0.1, 0.15) is 0 Å². The highest BCUT2D eigenvalue weighted by Crippen LogP contribution is 2.46. The standard InChI is InChI=1S/C11H12ClNO2/c12-7-3-1-6(2-4-7)10(13)8-5-9(8)11(14)15/h1-4,8-10H,5,13H2,(H,14,15). The predicted molar refractivity (Wildman–Crippen MR) is 57.6 cm³/mol. The van der Waals surface area contributed by atoms with Crippen molar-refractivity contribution in [3.8, 4) is 0 Å². The first-order chi connectivity index (χ1) is 7.09. The number of carboxylic acids is 1. The van der Waals surface area contributed by atoms with Crippen LogP contribution in [0, 0.1) is 11.8 Å². The molecule has 1 saturated carbocycles. The summed E-state index contributed by atoms with van der Waals surface area (Å²) < 4.78 is 0. The van der Waals surface area contributed by atoms with Crippen LogP contribution in [0.4, 0.5) is 0 Å². The van der Waals surface area contributed by atoms with Gasteiger partial charge in [-0.3, -0.25) is 4.79 Å². The van der Waals surface area contributed by atoms with Gasteiger partial charge in [0.15, 0.2) is 0 Å². The summed E-state index contributed by atoms with van der Waals surface area (Å²) in [6.07, 6.45) is 0.680. The molecule has 4 heteroatoms. The van der Waals surface area contributed by atoms with Crippen LogP contribution in [0.1, 0.15) is 18.0 Å². The van der Waals surface area contributed by atoms with Gasteiger partial charge in [0, 0.05) is 11.1 Å². The molecule has 0 radical (unpaired) electrons. The molecule has 0 amide bonds. The summed E-state index contributed by atoms with van der Waals surface area (Å²) in [5.74, 6) is -0.941. The molecular weight excluding hydrogens is 214 g/mol. The predicted octanol–water partition coefficient (Wildman–Crippen LogP) is 2.06. The van der Waals surface area contributed by atoms with E-state index in [1.165, 1.54) is 0 Å². The molecular formula is C11H12ClNO2. The second-order valence-corrected chi connectivity index (χ2v) is 4.36. The highest BCUT2D eigenvalue weighted by molar-refractivity contribution is 6.30. The van der Waals surface area contributed by atoms with Crippen LogP contribution in [0.3, 0.4) is 0 Å². The number of nitrogens with two attached hydrogens (primary N) is 1. The molecule has 1 fully saturated rings. The second kappa shape index (κ2) is 3.83. The van der Waals surface area contributed by atoms with Crippen molar-refractivity contribution in [1.29, 1.82) is 0 Å². The molecule has 0 saturated heterocycles. The molecule has 80 valence electrons. The van der Waals surface area contributed by atoms with Crippen molar-refractivity contribution in [2.75, 3.05) is 0 Å². The molecule has 0 aromatic heterocycles. The molecule has 3 N–H and O–H groups in total. The summed E-state index contributed by atoms with van der Waals surface area (Å²) in [6, 6.07) is 7.06. The van der Waals surface area contributed by atoms with Gasteiger partial charge in [0.25, 0.3) is 0 Å². The van der Waals surface area contributed by atoms with Crippen molar-refractivity contribution < 1.29 is 9.90 Å². The molecule has 0 bridgehead atoms. The Bertz CT molecular complexity index is 377. The van der Waals surface area contributed by atoms with E-state index in [1.54, 1.807) is 12.1 Å². The maximum Gasteiger partial charge on any atom is 0.306 e. The third-order valence-corrected chi connectivity index (χ3v) is 3.13. The van der Waals surface area contributed by atoms with Gasteiger partial charge in [-0.05, 0) is 30.0 Å². The Hall–Kier alpha value is -1.06. The van der Waals surface area contributed by atoms with E-state index in [2.05, 4.69) is 0 Å². The van der Waals surface area contributed by atoms with E-state index in [-0.39, 0.29) is 17.9 Å².